The number of fused-ring (bicyclic) bond motifs is 6. The maximum Gasteiger partial charge on any atom is 0.147 e. The molecular formula is C60H47N5. The largest absolute Gasteiger partial charge is 0.296 e. The van der Waals surface area contributed by atoms with Crippen molar-refractivity contribution in [2.75, 3.05) is 0 Å². The lowest BCUT2D eigenvalue weighted by atomic mass is 9.89. The van der Waals surface area contributed by atoms with E-state index in [0.29, 0.717) is 22.5 Å². The summed E-state index contributed by atoms with van der Waals surface area (Å²) in [6.45, 7) is 4.05. The number of rotatable bonds is 11. The Hall–Kier alpha value is -8.02. The second kappa shape index (κ2) is 17.3. The molecule has 11 rings (SSSR count). The molecule has 6 aromatic carbocycles. The van der Waals surface area contributed by atoms with Gasteiger partial charge in [-0.3, -0.25) is 19.4 Å². The van der Waals surface area contributed by atoms with Crippen molar-refractivity contribution in [2.24, 2.45) is 0 Å². The summed E-state index contributed by atoms with van der Waals surface area (Å²) in [6.07, 6.45) is -5.69. The van der Waals surface area contributed by atoms with Gasteiger partial charge in [0, 0.05) is 51.8 Å². The molecule has 312 valence electrons. The van der Waals surface area contributed by atoms with E-state index in [1.165, 1.54) is 6.07 Å². The number of hydrogen-bond donors (Lipinski definition) is 0. The molecule has 0 unspecified atom stereocenters. The van der Waals surface area contributed by atoms with E-state index < -0.39 is 25.5 Å². The predicted octanol–water partition coefficient (Wildman–Crippen LogP) is 14.3. The standard InChI is InChI=1S/C60H47N5/c1-40-41(2)65-57-39-49(30-31-54(57)59-58(60(65)64-40)53(32-35-63-59)46-12-4-3-5-13-46)51-14-6-7-15-52(51)50-37-44(20-18-42-22-26-47(27-23-42)55-16-8-10-33-61-55)36-45(38-50)21-19-43-24-28-48(29-25-43)56-17-9-11-34-62-56/h3-17,22-39H,18-21H2,1-2H3/i18D2,19D2,20D2,21D2. The van der Waals surface area contributed by atoms with E-state index in [0.717, 1.165) is 72.2 Å². The van der Waals surface area contributed by atoms with Crippen molar-refractivity contribution < 1.29 is 11.0 Å². The number of nitrogens with zero attached hydrogens (tertiary/aromatic N) is 5. The SMILES string of the molecule is [2H]C([2H])(c1ccc(-c2ccccn2)cc1)C([2H])([2H])c1cc(-c2ccccc2-c2ccc3c4nccc(-c5ccccc5)c4c4nc(C)c(C)n4c3c2)cc(C([2H])([2H])C([2H])([2H])c2ccc(-c3ccccn3)cc2)c1. The summed E-state index contributed by atoms with van der Waals surface area (Å²) in [5, 5.41) is 1.85. The third kappa shape index (κ3) is 7.87. The first-order valence-corrected chi connectivity index (χ1v) is 21.6. The number of hydrogen-bond acceptors (Lipinski definition) is 4. The van der Waals surface area contributed by atoms with E-state index in [9.17, 15) is 11.0 Å². The molecule has 0 amide bonds. The van der Waals surface area contributed by atoms with Crippen molar-refractivity contribution in [3.05, 3.63) is 234 Å². The number of aromatic nitrogens is 5. The Kier molecular flexibility index (Phi) is 8.44. The van der Waals surface area contributed by atoms with E-state index in [-0.39, 0.29) is 22.3 Å². The third-order valence-electron chi connectivity index (χ3n) is 12.0. The average molecular weight is 846 g/mol. The van der Waals surface area contributed by atoms with Crippen molar-refractivity contribution in [1.82, 2.24) is 24.3 Å². The van der Waals surface area contributed by atoms with Gasteiger partial charge in [-0.15, -0.1) is 0 Å². The normalized spacial score (nSPS) is 14.2. The summed E-state index contributed by atoms with van der Waals surface area (Å²) < 4.78 is 78.9. The van der Waals surface area contributed by atoms with Crippen LogP contribution in [0.2, 0.25) is 0 Å². The monoisotopic (exact) mass is 845 g/mol. The Morgan fingerprint density at radius 1 is 0.431 bits per heavy atom. The van der Waals surface area contributed by atoms with E-state index in [1.807, 2.05) is 104 Å². The fraction of sp³-hybridized carbons (Fsp3) is 0.100. The first-order chi connectivity index (χ1) is 35.1. The van der Waals surface area contributed by atoms with Crippen LogP contribution in [0.5, 0.6) is 0 Å². The Morgan fingerprint density at radius 2 is 0.985 bits per heavy atom. The molecule has 0 saturated carbocycles. The highest BCUT2D eigenvalue weighted by Gasteiger charge is 2.20. The fourth-order valence-corrected chi connectivity index (χ4v) is 8.63. The van der Waals surface area contributed by atoms with Gasteiger partial charge in [0.2, 0.25) is 0 Å². The number of aryl methyl sites for hydroxylation is 6. The minimum atomic E-state index is -2.77. The minimum Gasteiger partial charge on any atom is -0.296 e. The van der Waals surface area contributed by atoms with E-state index in [1.54, 1.807) is 73.1 Å². The average Bonchev–Trinajstić information content (AvgIpc) is 3.73. The van der Waals surface area contributed by atoms with Crippen LogP contribution >= 0.6 is 0 Å². The van der Waals surface area contributed by atoms with Crippen LogP contribution in [-0.4, -0.2) is 24.3 Å². The Labute approximate surface area is 391 Å². The molecule has 5 nitrogen and oxygen atoms in total. The van der Waals surface area contributed by atoms with Gasteiger partial charge in [-0.2, -0.15) is 0 Å². The molecule has 0 fully saturated rings. The van der Waals surface area contributed by atoms with Gasteiger partial charge < -0.3 is 0 Å². The molecule has 5 heteroatoms. The summed E-state index contributed by atoms with van der Waals surface area (Å²) >= 11 is 0. The quantitative estimate of drug-likeness (QED) is 0.122. The van der Waals surface area contributed by atoms with Crippen LogP contribution < -0.4 is 0 Å². The predicted molar refractivity (Wildman–Crippen MR) is 268 cm³/mol. The molecule has 0 aliphatic heterocycles. The van der Waals surface area contributed by atoms with Crippen LogP contribution in [0, 0.1) is 13.8 Å². The maximum atomic E-state index is 9.70. The summed E-state index contributed by atoms with van der Waals surface area (Å²) in [4.78, 5) is 18.9. The highest BCUT2D eigenvalue weighted by atomic mass is 15.0. The van der Waals surface area contributed by atoms with Gasteiger partial charge in [-0.1, -0.05) is 146 Å². The molecular weight excluding hydrogens is 791 g/mol. The van der Waals surface area contributed by atoms with Crippen molar-refractivity contribution >= 4 is 27.5 Å². The molecule has 5 heterocycles. The zero-order valence-corrected chi connectivity index (χ0v) is 35.8. The molecule has 5 aromatic heterocycles. The fourth-order valence-electron chi connectivity index (χ4n) is 8.63. The van der Waals surface area contributed by atoms with Gasteiger partial charge in [-0.05, 0) is 131 Å². The zero-order chi connectivity index (χ0) is 50.9. The molecule has 0 bridgehead atoms. The van der Waals surface area contributed by atoms with E-state index >= 15 is 0 Å². The topological polar surface area (TPSA) is 56.0 Å². The van der Waals surface area contributed by atoms with Crippen molar-refractivity contribution in [2.45, 2.75) is 39.3 Å². The lowest BCUT2D eigenvalue weighted by Gasteiger charge is -2.16. The third-order valence-corrected chi connectivity index (χ3v) is 12.0. The lowest BCUT2D eigenvalue weighted by Crippen LogP contribution is -1.98. The van der Waals surface area contributed by atoms with Crippen LogP contribution in [-0.2, 0) is 25.5 Å². The van der Waals surface area contributed by atoms with Crippen LogP contribution in [0.3, 0.4) is 0 Å². The molecule has 65 heavy (non-hydrogen) atoms. The van der Waals surface area contributed by atoms with Crippen molar-refractivity contribution in [3.63, 3.8) is 0 Å². The number of benzene rings is 6. The minimum absolute atomic E-state index is 0.0706. The van der Waals surface area contributed by atoms with E-state index in [2.05, 4.69) is 45.6 Å². The zero-order valence-electron chi connectivity index (χ0n) is 43.8. The summed E-state index contributed by atoms with van der Waals surface area (Å²) in [6, 6.07) is 54.5. The molecule has 0 atom stereocenters. The Morgan fingerprint density at radius 3 is 1.58 bits per heavy atom. The molecule has 0 saturated heterocycles. The molecule has 0 spiro atoms. The molecule has 0 radical (unpaired) electrons. The summed E-state index contributed by atoms with van der Waals surface area (Å²) in [5.74, 6) is 0. The molecule has 0 aliphatic rings. The first kappa shape index (κ1) is 31.8. The van der Waals surface area contributed by atoms with Crippen molar-refractivity contribution in [3.8, 4) is 55.9 Å². The van der Waals surface area contributed by atoms with Crippen LogP contribution in [0.1, 0.15) is 44.6 Å². The summed E-state index contributed by atoms with van der Waals surface area (Å²) in [7, 11) is 0. The van der Waals surface area contributed by atoms with E-state index in [4.69, 9.17) is 9.97 Å². The highest BCUT2D eigenvalue weighted by Crippen LogP contribution is 2.40. The maximum absolute atomic E-state index is 9.70. The highest BCUT2D eigenvalue weighted by molar-refractivity contribution is 6.15. The smallest absolute Gasteiger partial charge is 0.147 e. The van der Waals surface area contributed by atoms with Gasteiger partial charge in [0.05, 0.1) is 33.5 Å². The van der Waals surface area contributed by atoms with Gasteiger partial charge in [0.25, 0.3) is 0 Å². The lowest BCUT2D eigenvalue weighted by molar-refractivity contribution is 0.931. The summed E-state index contributed by atoms with van der Waals surface area (Å²) in [5.41, 5.74) is 11.6. The van der Waals surface area contributed by atoms with Gasteiger partial charge in [0.1, 0.15) is 5.65 Å². The Balaban J connectivity index is 1.08. The van der Waals surface area contributed by atoms with Crippen LogP contribution in [0.15, 0.2) is 201 Å². The van der Waals surface area contributed by atoms with Gasteiger partial charge >= 0.3 is 0 Å². The number of imidazole rings is 1. The molecule has 11 aromatic rings. The van der Waals surface area contributed by atoms with Gasteiger partial charge in [0.15, 0.2) is 0 Å². The first-order valence-electron chi connectivity index (χ1n) is 25.6. The van der Waals surface area contributed by atoms with Crippen molar-refractivity contribution in [1.29, 1.82) is 0 Å². The van der Waals surface area contributed by atoms with Crippen LogP contribution in [0.4, 0.5) is 0 Å². The second-order valence-corrected chi connectivity index (χ2v) is 16.1. The van der Waals surface area contributed by atoms with Gasteiger partial charge in [-0.25, -0.2) is 4.98 Å². The van der Waals surface area contributed by atoms with Crippen LogP contribution in [0.25, 0.3) is 83.3 Å². The number of pyridine rings is 4. The second-order valence-electron chi connectivity index (χ2n) is 16.1. The molecule has 0 N–H and O–H groups in total. The Bertz CT molecular complexity index is 3740. The molecule has 0 aliphatic carbocycles.